The van der Waals surface area contributed by atoms with E-state index in [0.29, 0.717) is 5.56 Å². The molecule has 0 saturated heterocycles. The molecule has 0 aromatic carbocycles. The molecule has 2 aliphatic rings. The van der Waals surface area contributed by atoms with Crippen molar-refractivity contribution in [2.75, 3.05) is 7.05 Å². The SMILES string of the molecule is CN.FC(F)(F)c1cc2ccc1-2. The molecule has 4 heteroatoms. The van der Waals surface area contributed by atoms with Crippen molar-refractivity contribution in [3.05, 3.63) is 23.8 Å². The van der Waals surface area contributed by atoms with Crippen molar-refractivity contribution >= 4 is 0 Å². The molecule has 12 heavy (non-hydrogen) atoms. The zero-order chi connectivity index (χ0) is 9.35. The molecule has 0 aromatic rings. The quantitative estimate of drug-likeness (QED) is 0.653. The Morgan fingerprint density at radius 2 is 1.75 bits per heavy atom. The summed E-state index contributed by atoms with van der Waals surface area (Å²) in [4.78, 5) is 0. The highest BCUT2D eigenvalue weighted by atomic mass is 19.4. The van der Waals surface area contributed by atoms with Crippen molar-refractivity contribution in [1.82, 2.24) is 0 Å². The Hall–Kier alpha value is -1.03. The summed E-state index contributed by atoms with van der Waals surface area (Å²) < 4.78 is 35.5. The van der Waals surface area contributed by atoms with Gasteiger partial charge in [-0.25, -0.2) is 0 Å². The van der Waals surface area contributed by atoms with Gasteiger partial charge >= 0.3 is 6.18 Å². The average Bonchev–Trinajstić information content (AvgIpc) is 1.97. The third-order valence-electron chi connectivity index (χ3n) is 1.64. The van der Waals surface area contributed by atoms with Gasteiger partial charge in [0.1, 0.15) is 0 Å². The van der Waals surface area contributed by atoms with E-state index < -0.39 is 11.7 Å². The van der Waals surface area contributed by atoms with Crippen LogP contribution < -0.4 is 5.73 Å². The molecule has 0 aromatic heterocycles. The smallest absolute Gasteiger partial charge is 0.333 e. The first-order valence-electron chi connectivity index (χ1n) is 3.38. The van der Waals surface area contributed by atoms with E-state index in [1.807, 2.05) is 0 Å². The summed E-state index contributed by atoms with van der Waals surface area (Å²) in [7, 11) is 1.50. The molecular formula is C8H8F3N. The van der Waals surface area contributed by atoms with Gasteiger partial charge in [-0.05, 0) is 24.2 Å². The lowest BCUT2D eigenvalue weighted by molar-refractivity contribution is -0.137. The van der Waals surface area contributed by atoms with E-state index in [0.717, 1.165) is 11.6 Å². The third kappa shape index (κ3) is 1.18. The average molecular weight is 175 g/mol. The van der Waals surface area contributed by atoms with E-state index >= 15 is 0 Å². The molecule has 0 fully saturated rings. The molecule has 0 radical (unpaired) electrons. The molecule has 0 heterocycles. The molecule has 2 N–H and O–H groups in total. The van der Waals surface area contributed by atoms with Crippen molar-refractivity contribution in [2.45, 2.75) is 6.18 Å². The standard InChI is InChI=1S/C7H3F3.CH5N/c8-7(9,10)6-3-4-1-2-5(4)6;1-2/h1-3H;2H2,1H3. The summed E-state index contributed by atoms with van der Waals surface area (Å²) in [5, 5.41) is 0. The number of fused-ring (bicyclic) bond motifs is 1. The fourth-order valence-corrected chi connectivity index (χ4v) is 1.02. The highest BCUT2D eigenvalue weighted by Crippen LogP contribution is 2.45. The van der Waals surface area contributed by atoms with E-state index in [2.05, 4.69) is 5.73 Å². The second kappa shape index (κ2) is 2.79. The molecule has 0 aliphatic heterocycles. The first kappa shape index (κ1) is 9.06. The van der Waals surface area contributed by atoms with Crippen LogP contribution >= 0.6 is 0 Å². The monoisotopic (exact) mass is 175 g/mol. The molecule has 0 unspecified atom stereocenters. The molecule has 1 nitrogen and oxygen atoms in total. The molecular weight excluding hydrogens is 167 g/mol. The number of rotatable bonds is 0. The van der Waals surface area contributed by atoms with Gasteiger partial charge in [-0.15, -0.1) is 0 Å². The van der Waals surface area contributed by atoms with Crippen LogP contribution in [0.5, 0.6) is 0 Å². The molecule has 2 aliphatic carbocycles. The maximum absolute atomic E-state index is 11.8. The Morgan fingerprint density at radius 3 is 1.83 bits per heavy atom. The number of nitrogens with two attached hydrogens (primary N) is 1. The predicted octanol–water partition coefficient (Wildman–Crippen LogP) is 2.26. The van der Waals surface area contributed by atoms with Crippen molar-refractivity contribution in [3.63, 3.8) is 0 Å². The van der Waals surface area contributed by atoms with Gasteiger partial charge < -0.3 is 5.73 Å². The second-order valence-electron chi connectivity index (χ2n) is 2.26. The van der Waals surface area contributed by atoms with Crippen LogP contribution in [0.3, 0.4) is 0 Å². The van der Waals surface area contributed by atoms with Crippen LogP contribution in [-0.2, 0) is 6.18 Å². The Kier molecular flexibility index (Phi) is 2.10. The molecule has 2 rings (SSSR count). The normalized spacial score (nSPS) is 11.8. The van der Waals surface area contributed by atoms with Crippen LogP contribution in [0.15, 0.2) is 18.2 Å². The van der Waals surface area contributed by atoms with Crippen molar-refractivity contribution in [1.29, 1.82) is 0 Å². The minimum atomic E-state index is -4.15. The molecule has 0 bridgehead atoms. The van der Waals surface area contributed by atoms with E-state index in [1.54, 1.807) is 6.07 Å². The van der Waals surface area contributed by atoms with Crippen molar-refractivity contribution < 1.29 is 13.2 Å². The topological polar surface area (TPSA) is 26.0 Å². The molecule has 66 valence electrons. The van der Waals surface area contributed by atoms with Crippen LogP contribution in [0.2, 0.25) is 0 Å². The number of alkyl halides is 3. The van der Waals surface area contributed by atoms with Crippen LogP contribution in [0.4, 0.5) is 13.2 Å². The number of hydrogen-bond acceptors (Lipinski definition) is 1. The number of benzene rings is 1. The van der Waals surface area contributed by atoms with Crippen LogP contribution in [0, 0.1) is 0 Å². The fourth-order valence-electron chi connectivity index (χ4n) is 1.02. The van der Waals surface area contributed by atoms with Crippen molar-refractivity contribution in [3.8, 4) is 11.1 Å². The third-order valence-corrected chi connectivity index (χ3v) is 1.64. The molecule has 0 spiro atoms. The van der Waals surface area contributed by atoms with Gasteiger partial charge in [0.2, 0.25) is 0 Å². The van der Waals surface area contributed by atoms with Gasteiger partial charge in [0.15, 0.2) is 0 Å². The molecule has 0 atom stereocenters. The predicted molar refractivity (Wildman–Crippen MR) is 40.5 cm³/mol. The van der Waals surface area contributed by atoms with Gasteiger partial charge in [0.05, 0.1) is 5.56 Å². The lowest BCUT2D eigenvalue weighted by Gasteiger charge is -2.22. The van der Waals surface area contributed by atoms with E-state index in [4.69, 9.17) is 0 Å². The minimum absolute atomic E-state index is 0.368. The van der Waals surface area contributed by atoms with Crippen LogP contribution in [0.1, 0.15) is 5.56 Å². The zero-order valence-electron chi connectivity index (χ0n) is 6.44. The Bertz CT molecular complexity index is 291. The van der Waals surface area contributed by atoms with Gasteiger partial charge in [-0.3, -0.25) is 0 Å². The van der Waals surface area contributed by atoms with Gasteiger partial charge in [-0.1, -0.05) is 12.1 Å². The molecule has 0 saturated carbocycles. The summed E-state index contributed by atoms with van der Waals surface area (Å²) in [6, 6.07) is 4.32. The van der Waals surface area contributed by atoms with Crippen LogP contribution in [-0.4, -0.2) is 7.05 Å². The maximum Gasteiger partial charge on any atom is 0.417 e. The summed E-state index contributed by atoms with van der Waals surface area (Å²) >= 11 is 0. The fraction of sp³-hybridized carbons (Fsp3) is 0.250. The lowest BCUT2D eigenvalue weighted by Crippen LogP contribution is -2.12. The Balaban J connectivity index is 0.000000336. The Morgan fingerprint density at radius 1 is 1.17 bits per heavy atom. The van der Waals surface area contributed by atoms with E-state index in [1.165, 1.54) is 13.1 Å². The van der Waals surface area contributed by atoms with E-state index in [-0.39, 0.29) is 0 Å². The number of halogens is 3. The number of hydrogen-bond donors (Lipinski definition) is 1. The summed E-state index contributed by atoms with van der Waals surface area (Å²) in [5.74, 6) is 0. The van der Waals surface area contributed by atoms with Gasteiger partial charge in [0.25, 0.3) is 0 Å². The Labute approximate surface area is 68.0 Å². The second-order valence-corrected chi connectivity index (χ2v) is 2.26. The van der Waals surface area contributed by atoms with Gasteiger partial charge in [-0.2, -0.15) is 13.2 Å². The zero-order valence-corrected chi connectivity index (χ0v) is 6.44. The maximum atomic E-state index is 11.8. The first-order valence-corrected chi connectivity index (χ1v) is 3.38. The van der Waals surface area contributed by atoms with Crippen LogP contribution in [0.25, 0.3) is 11.1 Å². The largest absolute Gasteiger partial charge is 0.417 e. The molecule has 0 amide bonds. The highest BCUT2D eigenvalue weighted by Gasteiger charge is 2.38. The first-order chi connectivity index (χ1) is 5.59. The summed E-state index contributed by atoms with van der Waals surface area (Å²) in [6.45, 7) is 0. The summed E-state index contributed by atoms with van der Waals surface area (Å²) in [6.07, 6.45) is -4.15. The lowest BCUT2D eigenvalue weighted by atomic mass is 9.86. The van der Waals surface area contributed by atoms with Gasteiger partial charge in [0, 0.05) is 0 Å². The van der Waals surface area contributed by atoms with E-state index in [9.17, 15) is 13.2 Å². The summed E-state index contributed by atoms with van der Waals surface area (Å²) in [5.41, 5.74) is 5.12. The van der Waals surface area contributed by atoms with Crippen molar-refractivity contribution in [2.24, 2.45) is 5.73 Å². The minimum Gasteiger partial charge on any atom is -0.333 e. The highest BCUT2D eigenvalue weighted by molar-refractivity contribution is 5.81.